The molecule has 28 heavy (non-hydrogen) atoms. The minimum atomic E-state index is -4.39. The molecule has 158 valence electrons. The summed E-state index contributed by atoms with van der Waals surface area (Å²) in [6.07, 6.45) is -1.99. The first-order valence-electron chi connectivity index (χ1n) is 9.43. The zero-order valence-electron chi connectivity index (χ0n) is 16.1. The normalized spacial score (nSPS) is 16.1. The van der Waals surface area contributed by atoms with E-state index in [-0.39, 0.29) is 5.88 Å². The second-order valence-electron chi connectivity index (χ2n) is 6.34. The van der Waals surface area contributed by atoms with Crippen LogP contribution in [0.1, 0.15) is 18.9 Å². The third-order valence-corrected chi connectivity index (χ3v) is 3.99. The van der Waals surface area contributed by atoms with Gasteiger partial charge in [-0.05, 0) is 31.5 Å². The van der Waals surface area contributed by atoms with Gasteiger partial charge in [0.05, 0.1) is 19.8 Å². The molecule has 0 spiro atoms. The summed E-state index contributed by atoms with van der Waals surface area (Å²) in [5, 5.41) is 6.44. The van der Waals surface area contributed by atoms with Crippen molar-refractivity contribution in [2.45, 2.75) is 26.1 Å². The zero-order chi connectivity index (χ0) is 20.2. The highest BCUT2D eigenvalue weighted by molar-refractivity contribution is 5.79. The second kappa shape index (κ2) is 11.7. The van der Waals surface area contributed by atoms with Crippen molar-refractivity contribution in [2.75, 3.05) is 52.5 Å². The summed E-state index contributed by atoms with van der Waals surface area (Å²) >= 11 is 0. The second-order valence-corrected chi connectivity index (χ2v) is 6.34. The lowest BCUT2D eigenvalue weighted by Crippen LogP contribution is -2.40. The van der Waals surface area contributed by atoms with Crippen molar-refractivity contribution < 1.29 is 22.6 Å². The maximum Gasteiger partial charge on any atom is 0.422 e. The van der Waals surface area contributed by atoms with Crippen LogP contribution in [0.5, 0.6) is 5.88 Å². The Kier molecular flexibility index (Phi) is 9.29. The average Bonchev–Trinajstić information content (AvgIpc) is 2.68. The van der Waals surface area contributed by atoms with E-state index in [0.717, 1.165) is 51.4 Å². The van der Waals surface area contributed by atoms with Crippen molar-refractivity contribution in [1.82, 2.24) is 20.5 Å². The Hall–Kier alpha value is -2.07. The molecule has 7 nitrogen and oxygen atoms in total. The van der Waals surface area contributed by atoms with E-state index in [4.69, 9.17) is 4.74 Å². The molecular weight excluding hydrogens is 375 g/mol. The van der Waals surface area contributed by atoms with Gasteiger partial charge >= 0.3 is 6.18 Å². The van der Waals surface area contributed by atoms with Crippen LogP contribution < -0.4 is 15.4 Å². The van der Waals surface area contributed by atoms with Crippen molar-refractivity contribution in [3.05, 3.63) is 23.9 Å². The Labute approximate surface area is 163 Å². The molecule has 1 aromatic rings. The van der Waals surface area contributed by atoms with Gasteiger partial charge in [-0.3, -0.25) is 4.90 Å². The predicted octanol–water partition coefficient (Wildman–Crippen LogP) is 1.80. The number of guanidine groups is 1. The lowest BCUT2D eigenvalue weighted by molar-refractivity contribution is -0.154. The van der Waals surface area contributed by atoms with Crippen LogP contribution in [0, 0.1) is 0 Å². The smallest absolute Gasteiger partial charge is 0.422 e. The van der Waals surface area contributed by atoms with E-state index >= 15 is 0 Å². The van der Waals surface area contributed by atoms with E-state index < -0.39 is 12.8 Å². The first kappa shape index (κ1) is 22.2. The molecule has 0 atom stereocenters. The van der Waals surface area contributed by atoms with Crippen molar-refractivity contribution in [3.63, 3.8) is 0 Å². The van der Waals surface area contributed by atoms with Gasteiger partial charge in [0.25, 0.3) is 0 Å². The standard InChI is InChI=1S/C18H28F3N5O2/c1-2-22-17(24-5-3-7-26-8-10-27-11-9-26)25-13-15-4-6-23-16(12-15)28-14-18(19,20)21/h4,6,12H,2-3,5,7-11,13-14H2,1H3,(H2,22,24,25). The molecule has 0 aliphatic carbocycles. The largest absolute Gasteiger partial charge is 0.468 e. The first-order valence-corrected chi connectivity index (χ1v) is 9.43. The summed E-state index contributed by atoms with van der Waals surface area (Å²) in [7, 11) is 0. The molecule has 1 aromatic heterocycles. The van der Waals surface area contributed by atoms with Gasteiger partial charge in [0.2, 0.25) is 5.88 Å². The maximum absolute atomic E-state index is 12.2. The quantitative estimate of drug-likeness (QED) is 0.372. The summed E-state index contributed by atoms with van der Waals surface area (Å²) in [5.74, 6) is 0.604. The molecule has 0 aromatic carbocycles. The van der Waals surface area contributed by atoms with Gasteiger partial charge in [-0.25, -0.2) is 9.98 Å². The van der Waals surface area contributed by atoms with Gasteiger partial charge < -0.3 is 20.1 Å². The molecule has 0 unspecified atom stereocenters. The molecule has 1 aliphatic rings. The summed E-state index contributed by atoms with van der Waals surface area (Å²) < 4.78 is 46.7. The lowest BCUT2D eigenvalue weighted by atomic mass is 10.3. The van der Waals surface area contributed by atoms with Gasteiger partial charge in [0.15, 0.2) is 12.6 Å². The van der Waals surface area contributed by atoms with Gasteiger partial charge in [-0.15, -0.1) is 0 Å². The van der Waals surface area contributed by atoms with Crippen LogP contribution in [0.2, 0.25) is 0 Å². The molecule has 0 bridgehead atoms. The number of ether oxygens (including phenoxy) is 2. The first-order chi connectivity index (χ1) is 13.5. The summed E-state index contributed by atoms with van der Waals surface area (Å²) in [6, 6.07) is 3.17. The number of aliphatic imine (C=N–C) groups is 1. The van der Waals surface area contributed by atoms with Gasteiger partial charge in [0.1, 0.15) is 0 Å². The lowest BCUT2D eigenvalue weighted by Gasteiger charge is -2.26. The van der Waals surface area contributed by atoms with E-state index in [1.54, 1.807) is 6.07 Å². The fraction of sp³-hybridized carbons (Fsp3) is 0.667. The van der Waals surface area contributed by atoms with Crippen LogP contribution >= 0.6 is 0 Å². The van der Waals surface area contributed by atoms with Crippen molar-refractivity contribution in [1.29, 1.82) is 0 Å². The number of aromatic nitrogens is 1. The molecule has 1 aliphatic heterocycles. The average molecular weight is 403 g/mol. The third kappa shape index (κ3) is 9.23. The maximum atomic E-state index is 12.2. The minimum absolute atomic E-state index is 0.0616. The Balaban J connectivity index is 1.79. The number of alkyl halides is 3. The van der Waals surface area contributed by atoms with E-state index in [1.165, 1.54) is 12.3 Å². The number of morpholine rings is 1. The summed E-state index contributed by atoms with van der Waals surface area (Å²) in [5.41, 5.74) is 0.720. The van der Waals surface area contributed by atoms with Crippen LogP contribution in [0.15, 0.2) is 23.3 Å². The van der Waals surface area contributed by atoms with Crippen molar-refractivity contribution in [2.24, 2.45) is 4.99 Å². The highest BCUT2D eigenvalue weighted by Gasteiger charge is 2.28. The Morgan fingerprint density at radius 3 is 2.82 bits per heavy atom. The number of hydrogen-bond donors (Lipinski definition) is 2. The highest BCUT2D eigenvalue weighted by atomic mass is 19.4. The molecule has 1 saturated heterocycles. The van der Waals surface area contributed by atoms with Crippen LogP contribution in [-0.4, -0.2) is 74.6 Å². The fourth-order valence-corrected chi connectivity index (χ4v) is 2.63. The number of hydrogen-bond acceptors (Lipinski definition) is 5. The molecule has 2 heterocycles. The zero-order valence-corrected chi connectivity index (χ0v) is 16.1. The van der Waals surface area contributed by atoms with Crippen molar-refractivity contribution >= 4 is 5.96 Å². The highest BCUT2D eigenvalue weighted by Crippen LogP contribution is 2.17. The Morgan fingerprint density at radius 1 is 1.32 bits per heavy atom. The van der Waals surface area contributed by atoms with E-state index in [9.17, 15) is 13.2 Å². The SMILES string of the molecule is CCNC(=NCc1ccnc(OCC(F)(F)F)c1)NCCCN1CCOCC1. The number of nitrogens with one attached hydrogen (secondary N) is 2. The molecule has 0 radical (unpaired) electrons. The number of pyridine rings is 1. The van der Waals surface area contributed by atoms with Crippen LogP contribution in [0.4, 0.5) is 13.2 Å². The molecule has 2 rings (SSSR count). The minimum Gasteiger partial charge on any atom is -0.468 e. The Bertz CT molecular complexity index is 607. The molecule has 2 N–H and O–H groups in total. The molecule has 10 heteroatoms. The van der Waals surface area contributed by atoms with Crippen LogP contribution in [0.3, 0.4) is 0 Å². The summed E-state index contributed by atoms with van der Waals surface area (Å²) in [6.45, 7) is 6.93. The molecule has 0 amide bonds. The van der Waals surface area contributed by atoms with Gasteiger partial charge in [0, 0.05) is 38.4 Å². The number of halogens is 3. The van der Waals surface area contributed by atoms with E-state index in [0.29, 0.717) is 19.0 Å². The van der Waals surface area contributed by atoms with Crippen LogP contribution in [0.25, 0.3) is 0 Å². The molecule has 1 fully saturated rings. The number of nitrogens with zero attached hydrogens (tertiary/aromatic N) is 3. The van der Waals surface area contributed by atoms with Crippen LogP contribution in [-0.2, 0) is 11.3 Å². The fourth-order valence-electron chi connectivity index (χ4n) is 2.63. The Morgan fingerprint density at radius 2 is 2.11 bits per heavy atom. The van der Waals surface area contributed by atoms with E-state index in [2.05, 4.69) is 30.2 Å². The predicted molar refractivity (Wildman–Crippen MR) is 100 cm³/mol. The van der Waals surface area contributed by atoms with E-state index in [1.807, 2.05) is 6.92 Å². The van der Waals surface area contributed by atoms with Gasteiger partial charge in [-0.2, -0.15) is 13.2 Å². The molecular formula is C18H28F3N5O2. The topological polar surface area (TPSA) is 71.0 Å². The van der Waals surface area contributed by atoms with Gasteiger partial charge in [-0.1, -0.05) is 0 Å². The summed E-state index contributed by atoms with van der Waals surface area (Å²) in [4.78, 5) is 10.6. The monoisotopic (exact) mass is 403 g/mol. The number of rotatable bonds is 9. The third-order valence-electron chi connectivity index (χ3n) is 3.99. The molecule has 0 saturated carbocycles. The van der Waals surface area contributed by atoms with Crippen molar-refractivity contribution in [3.8, 4) is 5.88 Å².